The van der Waals surface area contributed by atoms with Gasteiger partial charge in [0.15, 0.2) is 11.5 Å². The second kappa shape index (κ2) is 3.86. The topological polar surface area (TPSA) is 70.5 Å². The van der Waals surface area contributed by atoms with E-state index < -0.39 is 0 Å². The van der Waals surface area contributed by atoms with Gasteiger partial charge in [-0.3, -0.25) is 0 Å². The minimum absolute atomic E-state index is 0.0725. The van der Waals surface area contributed by atoms with Crippen molar-refractivity contribution in [3.8, 4) is 11.5 Å². The number of hydrogen-bond acceptors (Lipinski definition) is 4. The third-order valence-electron chi connectivity index (χ3n) is 2.30. The van der Waals surface area contributed by atoms with E-state index >= 15 is 0 Å². The summed E-state index contributed by atoms with van der Waals surface area (Å²) in [4.78, 5) is 0. The Hall–Kier alpha value is -1.26. The lowest BCUT2D eigenvalue weighted by Gasteiger charge is -2.12. The molecule has 4 nitrogen and oxygen atoms in total. The van der Waals surface area contributed by atoms with Gasteiger partial charge in [0.2, 0.25) is 6.79 Å². The van der Waals surface area contributed by atoms with Gasteiger partial charge in [0.25, 0.3) is 0 Å². The lowest BCUT2D eigenvalue weighted by Crippen LogP contribution is -2.15. The van der Waals surface area contributed by atoms with Crippen LogP contribution in [0.2, 0.25) is 0 Å². The molecule has 1 aliphatic heterocycles. The smallest absolute Gasteiger partial charge is 0.231 e. The summed E-state index contributed by atoms with van der Waals surface area (Å²) in [6, 6.07) is 5.67. The van der Waals surface area contributed by atoms with E-state index in [1.165, 1.54) is 0 Å². The quantitative estimate of drug-likeness (QED) is 0.745. The van der Waals surface area contributed by atoms with E-state index in [1.54, 1.807) is 0 Å². The van der Waals surface area contributed by atoms with Crippen LogP contribution >= 0.6 is 0 Å². The summed E-state index contributed by atoms with van der Waals surface area (Å²) >= 11 is 0. The summed E-state index contributed by atoms with van der Waals surface area (Å²) in [7, 11) is 0. The number of hydrogen-bond donors (Lipinski definition) is 2. The van der Waals surface area contributed by atoms with Gasteiger partial charge in [-0.25, -0.2) is 0 Å². The molecule has 0 bridgehead atoms. The Labute approximate surface area is 82.8 Å². The molecule has 1 aliphatic rings. The van der Waals surface area contributed by atoms with Crippen molar-refractivity contribution in [2.45, 2.75) is 12.5 Å². The zero-order valence-corrected chi connectivity index (χ0v) is 7.90. The molecule has 1 aromatic carbocycles. The van der Waals surface area contributed by atoms with Gasteiger partial charge in [0.1, 0.15) is 0 Å². The first-order valence-corrected chi connectivity index (χ1v) is 4.67. The van der Waals surface area contributed by atoms with Crippen LogP contribution in [-0.4, -0.2) is 13.3 Å². The first-order valence-electron chi connectivity index (χ1n) is 4.67. The van der Waals surface area contributed by atoms with E-state index in [1.807, 2.05) is 18.2 Å². The Balaban J connectivity index is 2.29. The Kier molecular flexibility index (Phi) is 2.56. The monoisotopic (exact) mass is 194 g/mol. The van der Waals surface area contributed by atoms with Crippen molar-refractivity contribution in [1.29, 1.82) is 0 Å². The van der Waals surface area contributed by atoms with Gasteiger partial charge >= 0.3 is 0 Å². The minimum atomic E-state index is -0.0725. The minimum Gasteiger partial charge on any atom is -0.454 e. The molecule has 4 N–H and O–H groups in total. The highest BCUT2D eigenvalue weighted by Crippen LogP contribution is 2.38. The lowest BCUT2D eigenvalue weighted by molar-refractivity contribution is 0.173. The predicted octanol–water partition coefficient (Wildman–Crippen LogP) is 0.764. The first kappa shape index (κ1) is 9.30. The number of fused-ring (bicyclic) bond motifs is 1. The van der Waals surface area contributed by atoms with E-state index in [0.717, 1.165) is 23.5 Å². The third kappa shape index (κ3) is 1.54. The number of ether oxygens (including phenoxy) is 2. The Morgan fingerprint density at radius 2 is 2.21 bits per heavy atom. The van der Waals surface area contributed by atoms with Gasteiger partial charge < -0.3 is 20.9 Å². The molecule has 0 saturated carbocycles. The number of rotatable bonds is 3. The van der Waals surface area contributed by atoms with Crippen LogP contribution in [0.5, 0.6) is 11.5 Å². The van der Waals surface area contributed by atoms with Crippen molar-refractivity contribution >= 4 is 0 Å². The van der Waals surface area contributed by atoms with Crippen molar-refractivity contribution in [2.24, 2.45) is 11.5 Å². The van der Waals surface area contributed by atoms with Crippen LogP contribution in [0.3, 0.4) is 0 Å². The van der Waals surface area contributed by atoms with Gasteiger partial charge in [0.05, 0.1) is 0 Å². The molecule has 1 heterocycles. The van der Waals surface area contributed by atoms with Crippen LogP contribution in [-0.2, 0) is 0 Å². The fourth-order valence-corrected chi connectivity index (χ4v) is 1.58. The van der Waals surface area contributed by atoms with Crippen molar-refractivity contribution in [2.75, 3.05) is 13.3 Å². The molecule has 0 aliphatic carbocycles. The van der Waals surface area contributed by atoms with Gasteiger partial charge in [-0.05, 0) is 19.0 Å². The molecule has 4 heteroatoms. The molecule has 0 spiro atoms. The van der Waals surface area contributed by atoms with Gasteiger partial charge in [-0.2, -0.15) is 0 Å². The number of benzene rings is 1. The molecule has 76 valence electrons. The molecule has 1 aromatic rings. The SMILES string of the molecule is NCC[C@@H](N)c1cccc2c1OCO2. The molecule has 0 amide bonds. The van der Waals surface area contributed by atoms with Crippen LogP contribution in [0.4, 0.5) is 0 Å². The third-order valence-corrected chi connectivity index (χ3v) is 2.30. The van der Waals surface area contributed by atoms with Crippen molar-refractivity contribution in [1.82, 2.24) is 0 Å². The number of nitrogens with two attached hydrogens (primary N) is 2. The van der Waals surface area contributed by atoms with Crippen LogP contribution in [0.1, 0.15) is 18.0 Å². The van der Waals surface area contributed by atoms with Crippen molar-refractivity contribution in [3.63, 3.8) is 0 Å². The summed E-state index contributed by atoms with van der Waals surface area (Å²) in [5.41, 5.74) is 12.4. The zero-order valence-electron chi connectivity index (χ0n) is 7.90. The van der Waals surface area contributed by atoms with Crippen LogP contribution in [0, 0.1) is 0 Å². The molecule has 0 radical (unpaired) electrons. The molecule has 1 atom stereocenters. The van der Waals surface area contributed by atoms with Crippen molar-refractivity contribution in [3.05, 3.63) is 23.8 Å². The molecule has 14 heavy (non-hydrogen) atoms. The maximum Gasteiger partial charge on any atom is 0.231 e. The van der Waals surface area contributed by atoms with E-state index in [0.29, 0.717) is 6.54 Å². The molecule has 0 saturated heterocycles. The summed E-state index contributed by atoms with van der Waals surface area (Å²) in [6.45, 7) is 0.855. The lowest BCUT2D eigenvalue weighted by atomic mass is 10.0. The number of para-hydroxylation sites is 1. The second-order valence-electron chi connectivity index (χ2n) is 3.26. The summed E-state index contributed by atoms with van der Waals surface area (Å²) in [6.07, 6.45) is 0.750. The Morgan fingerprint density at radius 1 is 1.36 bits per heavy atom. The highest BCUT2D eigenvalue weighted by atomic mass is 16.7. The Bertz CT molecular complexity index is 328. The van der Waals surface area contributed by atoms with Crippen LogP contribution < -0.4 is 20.9 Å². The van der Waals surface area contributed by atoms with E-state index in [-0.39, 0.29) is 12.8 Å². The van der Waals surface area contributed by atoms with Crippen molar-refractivity contribution < 1.29 is 9.47 Å². The highest BCUT2D eigenvalue weighted by Gasteiger charge is 2.20. The Morgan fingerprint density at radius 3 is 3.00 bits per heavy atom. The molecule has 0 aromatic heterocycles. The fourth-order valence-electron chi connectivity index (χ4n) is 1.58. The normalized spacial score (nSPS) is 15.6. The van der Waals surface area contributed by atoms with Crippen LogP contribution in [0.15, 0.2) is 18.2 Å². The van der Waals surface area contributed by atoms with Gasteiger partial charge in [-0.15, -0.1) is 0 Å². The largest absolute Gasteiger partial charge is 0.454 e. The standard InChI is InChI=1S/C10H14N2O2/c11-5-4-8(12)7-2-1-3-9-10(7)14-6-13-9/h1-3,8H,4-6,11-12H2/t8-/m1/s1. The molecule has 0 unspecified atom stereocenters. The van der Waals surface area contributed by atoms with E-state index in [2.05, 4.69) is 0 Å². The summed E-state index contributed by atoms with van der Waals surface area (Å²) < 4.78 is 10.6. The maximum atomic E-state index is 5.96. The maximum absolute atomic E-state index is 5.96. The fraction of sp³-hybridized carbons (Fsp3) is 0.400. The van der Waals surface area contributed by atoms with Crippen LogP contribution in [0.25, 0.3) is 0 Å². The molecule has 2 rings (SSSR count). The van der Waals surface area contributed by atoms with Gasteiger partial charge in [0, 0.05) is 11.6 Å². The zero-order chi connectivity index (χ0) is 9.97. The summed E-state index contributed by atoms with van der Waals surface area (Å²) in [5.74, 6) is 1.54. The van der Waals surface area contributed by atoms with E-state index in [4.69, 9.17) is 20.9 Å². The summed E-state index contributed by atoms with van der Waals surface area (Å²) in [5, 5.41) is 0. The second-order valence-corrected chi connectivity index (χ2v) is 3.26. The van der Waals surface area contributed by atoms with Gasteiger partial charge in [-0.1, -0.05) is 12.1 Å². The average molecular weight is 194 g/mol. The predicted molar refractivity (Wildman–Crippen MR) is 53.2 cm³/mol. The van der Waals surface area contributed by atoms with E-state index in [9.17, 15) is 0 Å². The molecular formula is C10H14N2O2. The first-order chi connectivity index (χ1) is 6.83. The molecule has 0 fully saturated rings. The average Bonchev–Trinajstić information content (AvgIpc) is 2.65. The highest BCUT2D eigenvalue weighted by molar-refractivity contribution is 5.49. The molecular weight excluding hydrogens is 180 g/mol.